The second-order valence-corrected chi connectivity index (χ2v) is 4.94. The van der Waals surface area contributed by atoms with E-state index < -0.39 is 6.10 Å². The number of likely N-dealkylation sites (tertiary alicyclic amines) is 1. The van der Waals surface area contributed by atoms with Gasteiger partial charge in [0.1, 0.15) is 5.75 Å². The number of β-amino-alcohol motifs (C(OH)–C–C–N with tert-alkyl or cyclic N) is 1. The molecule has 0 saturated carbocycles. The van der Waals surface area contributed by atoms with Gasteiger partial charge in [0, 0.05) is 12.5 Å². The number of methoxy groups -OCH3 is 1. The third-order valence-electron chi connectivity index (χ3n) is 3.59. The van der Waals surface area contributed by atoms with Gasteiger partial charge in [0.25, 0.3) is 0 Å². The van der Waals surface area contributed by atoms with Crippen molar-refractivity contribution in [2.75, 3.05) is 26.7 Å². The van der Waals surface area contributed by atoms with Crippen molar-refractivity contribution in [1.82, 2.24) is 4.90 Å². The number of carbonyl (C=O) groups is 1. The summed E-state index contributed by atoms with van der Waals surface area (Å²) in [6, 6.07) is 7.77. The summed E-state index contributed by atoms with van der Waals surface area (Å²) in [5.74, 6) is 0.564. The maximum atomic E-state index is 10.9. The van der Waals surface area contributed by atoms with Crippen molar-refractivity contribution in [1.29, 1.82) is 0 Å². The molecule has 1 heterocycles. The average Bonchev–Trinajstić information content (AvgIpc) is 2.38. The second-order valence-electron chi connectivity index (χ2n) is 4.94. The zero-order valence-electron chi connectivity index (χ0n) is 11.1. The number of aliphatic hydroxyl groups is 1. The van der Waals surface area contributed by atoms with Gasteiger partial charge in [-0.15, -0.1) is 0 Å². The Labute approximate surface area is 113 Å². The molecule has 0 radical (unpaired) electrons. The number of rotatable bonds is 4. The van der Waals surface area contributed by atoms with E-state index in [0.717, 1.165) is 24.3 Å². The molecule has 5 nitrogen and oxygen atoms in total. The van der Waals surface area contributed by atoms with Crippen LogP contribution >= 0.6 is 0 Å². The van der Waals surface area contributed by atoms with Crippen molar-refractivity contribution >= 4 is 5.91 Å². The van der Waals surface area contributed by atoms with E-state index in [4.69, 9.17) is 10.5 Å². The molecule has 0 unspecified atom stereocenters. The molecule has 0 aliphatic carbocycles. The molecule has 1 aliphatic heterocycles. The van der Waals surface area contributed by atoms with Crippen molar-refractivity contribution in [3.63, 3.8) is 0 Å². The standard InChI is InChI=1S/C14H20N2O3/c1-19-11-4-2-10(3-5-11)12-6-7-16(8-13(12)17)9-14(15)18/h2-5,12-13,17H,6-9H2,1H3,(H2,15,18)/t12-,13+/m0/s1. The van der Waals surface area contributed by atoms with Crippen LogP contribution in [0, 0.1) is 0 Å². The zero-order chi connectivity index (χ0) is 13.8. The van der Waals surface area contributed by atoms with E-state index in [0.29, 0.717) is 6.54 Å². The highest BCUT2D eigenvalue weighted by atomic mass is 16.5. The summed E-state index contributed by atoms with van der Waals surface area (Å²) in [5.41, 5.74) is 6.27. The van der Waals surface area contributed by atoms with Crippen LogP contribution in [-0.4, -0.2) is 48.8 Å². The highest BCUT2D eigenvalue weighted by Crippen LogP contribution is 2.29. The highest BCUT2D eigenvalue weighted by Gasteiger charge is 2.29. The molecule has 1 saturated heterocycles. The number of piperidine rings is 1. The van der Waals surface area contributed by atoms with E-state index >= 15 is 0 Å². The van der Waals surface area contributed by atoms with E-state index in [9.17, 15) is 9.90 Å². The van der Waals surface area contributed by atoms with Crippen LogP contribution in [-0.2, 0) is 4.79 Å². The van der Waals surface area contributed by atoms with Crippen LogP contribution in [0.5, 0.6) is 5.75 Å². The summed E-state index contributed by atoms with van der Waals surface area (Å²) in [7, 11) is 1.63. The van der Waals surface area contributed by atoms with Crippen LogP contribution in [0.2, 0.25) is 0 Å². The van der Waals surface area contributed by atoms with E-state index in [1.807, 2.05) is 29.2 Å². The lowest BCUT2D eigenvalue weighted by molar-refractivity contribution is -0.119. The molecular formula is C14H20N2O3. The van der Waals surface area contributed by atoms with Crippen LogP contribution in [0.15, 0.2) is 24.3 Å². The smallest absolute Gasteiger partial charge is 0.231 e. The van der Waals surface area contributed by atoms with Crippen molar-refractivity contribution < 1.29 is 14.6 Å². The lowest BCUT2D eigenvalue weighted by Crippen LogP contribution is -2.46. The van der Waals surface area contributed by atoms with Gasteiger partial charge in [0.15, 0.2) is 0 Å². The molecule has 5 heteroatoms. The molecule has 0 spiro atoms. The predicted octanol–water partition coefficient (Wildman–Crippen LogP) is 0.331. The number of hydrogen-bond acceptors (Lipinski definition) is 4. The minimum absolute atomic E-state index is 0.107. The van der Waals surface area contributed by atoms with Gasteiger partial charge in [-0.2, -0.15) is 0 Å². The average molecular weight is 264 g/mol. The molecule has 0 bridgehead atoms. The Balaban J connectivity index is 2.00. The number of nitrogens with two attached hydrogens (primary N) is 1. The summed E-state index contributed by atoms with van der Waals surface area (Å²) in [6.45, 7) is 1.47. The fraction of sp³-hybridized carbons (Fsp3) is 0.500. The molecule has 0 aromatic heterocycles. The van der Waals surface area contributed by atoms with Gasteiger partial charge in [-0.3, -0.25) is 9.69 Å². The summed E-state index contributed by atoms with van der Waals surface area (Å²) in [4.78, 5) is 12.8. The Morgan fingerprint density at radius 3 is 2.68 bits per heavy atom. The first-order chi connectivity index (χ1) is 9.10. The number of nitrogens with zero attached hydrogens (tertiary/aromatic N) is 1. The van der Waals surface area contributed by atoms with Crippen LogP contribution in [0.4, 0.5) is 0 Å². The third-order valence-corrected chi connectivity index (χ3v) is 3.59. The summed E-state index contributed by atoms with van der Waals surface area (Å²) in [6.07, 6.45) is 0.349. The summed E-state index contributed by atoms with van der Waals surface area (Å²) < 4.78 is 5.12. The molecule has 3 N–H and O–H groups in total. The van der Waals surface area contributed by atoms with Gasteiger partial charge in [0.2, 0.25) is 5.91 Å². The first-order valence-electron chi connectivity index (χ1n) is 6.43. The number of hydrogen-bond donors (Lipinski definition) is 2. The Morgan fingerprint density at radius 1 is 1.47 bits per heavy atom. The fourth-order valence-electron chi connectivity index (χ4n) is 2.60. The molecule has 19 heavy (non-hydrogen) atoms. The van der Waals surface area contributed by atoms with E-state index in [2.05, 4.69) is 0 Å². The highest BCUT2D eigenvalue weighted by molar-refractivity contribution is 5.75. The minimum Gasteiger partial charge on any atom is -0.497 e. The Hall–Kier alpha value is -1.59. The number of aliphatic hydroxyl groups excluding tert-OH is 1. The SMILES string of the molecule is COc1ccc([C@@H]2CCN(CC(N)=O)C[C@H]2O)cc1. The second kappa shape index (κ2) is 6.04. The molecule has 1 aromatic rings. The van der Waals surface area contributed by atoms with Crippen LogP contribution < -0.4 is 10.5 Å². The summed E-state index contributed by atoms with van der Waals surface area (Å²) in [5, 5.41) is 10.2. The minimum atomic E-state index is -0.471. The first kappa shape index (κ1) is 13.8. The monoisotopic (exact) mass is 264 g/mol. The van der Waals surface area contributed by atoms with E-state index in [1.54, 1.807) is 7.11 Å². The van der Waals surface area contributed by atoms with Gasteiger partial charge in [-0.1, -0.05) is 12.1 Å². The quantitative estimate of drug-likeness (QED) is 0.822. The molecule has 104 valence electrons. The Morgan fingerprint density at radius 2 is 2.16 bits per heavy atom. The van der Waals surface area contributed by atoms with Crippen molar-refractivity contribution in [3.05, 3.63) is 29.8 Å². The number of ether oxygens (including phenoxy) is 1. The van der Waals surface area contributed by atoms with Crippen LogP contribution in [0.3, 0.4) is 0 Å². The van der Waals surface area contributed by atoms with Crippen LogP contribution in [0.25, 0.3) is 0 Å². The van der Waals surface area contributed by atoms with Gasteiger partial charge >= 0.3 is 0 Å². The fourth-order valence-corrected chi connectivity index (χ4v) is 2.60. The number of carbonyl (C=O) groups excluding carboxylic acids is 1. The Kier molecular flexibility index (Phi) is 4.39. The maximum absolute atomic E-state index is 10.9. The zero-order valence-corrected chi connectivity index (χ0v) is 11.1. The molecular weight excluding hydrogens is 244 g/mol. The van der Waals surface area contributed by atoms with Gasteiger partial charge < -0.3 is 15.6 Å². The maximum Gasteiger partial charge on any atom is 0.231 e. The first-order valence-corrected chi connectivity index (χ1v) is 6.43. The molecule has 1 amide bonds. The molecule has 1 aliphatic rings. The van der Waals surface area contributed by atoms with E-state index in [1.165, 1.54) is 0 Å². The normalized spacial score (nSPS) is 24.1. The lowest BCUT2D eigenvalue weighted by Gasteiger charge is -2.35. The number of primary amides is 1. The molecule has 1 aromatic carbocycles. The van der Waals surface area contributed by atoms with E-state index in [-0.39, 0.29) is 18.4 Å². The van der Waals surface area contributed by atoms with Crippen molar-refractivity contribution in [2.45, 2.75) is 18.4 Å². The third kappa shape index (κ3) is 3.45. The molecule has 1 fully saturated rings. The lowest BCUT2D eigenvalue weighted by atomic mass is 9.87. The van der Waals surface area contributed by atoms with Crippen LogP contribution in [0.1, 0.15) is 17.9 Å². The molecule has 2 atom stereocenters. The number of amides is 1. The largest absolute Gasteiger partial charge is 0.497 e. The summed E-state index contributed by atoms with van der Waals surface area (Å²) >= 11 is 0. The van der Waals surface area contributed by atoms with Gasteiger partial charge in [0.05, 0.1) is 19.8 Å². The van der Waals surface area contributed by atoms with Crippen molar-refractivity contribution in [2.24, 2.45) is 5.73 Å². The van der Waals surface area contributed by atoms with Gasteiger partial charge in [-0.25, -0.2) is 0 Å². The van der Waals surface area contributed by atoms with Gasteiger partial charge in [-0.05, 0) is 30.7 Å². The number of benzene rings is 1. The topological polar surface area (TPSA) is 75.8 Å². The van der Waals surface area contributed by atoms with Crippen molar-refractivity contribution in [3.8, 4) is 5.75 Å². The molecule has 2 rings (SSSR count). The Bertz CT molecular complexity index is 433. The predicted molar refractivity (Wildman–Crippen MR) is 72.0 cm³/mol.